The van der Waals surface area contributed by atoms with E-state index in [1.54, 1.807) is 19.2 Å². The number of hydrogen-bond acceptors (Lipinski definition) is 5. The van der Waals surface area contributed by atoms with E-state index in [1.165, 1.54) is 0 Å². The smallest absolute Gasteiger partial charge is 0.138 e. The Kier molecular flexibility index (Phi) is 5.14. The van der Waals surface area contributed by atoms with Crippen molar-refractivity contribution in [3.05, 3.63) is 53.3 Å². The summed E-state index contributed by atoms with van der Waals surface area (Å²) in [5, 5.41) is 22.9. The van der Waals surface area contributed by atoms with Gasteiger partial charge < -0.3 is 20.3 Å². The lowest BCUT2D eigenvalue weighted by Gasteiger charge is -2.13. The highest BCUT2D eigenvalue weighted by molar-refractivity contribution is 5.29. The maximum atomic E-state index is 10.1. The first kappa shape index (κ1) is 15.3. The van der Waals surface area contributed by atoms with E-state index in [4.69, 9.17) is 4.74 Å². The molecule has 1 aromatic heterocycles. The molecule has 0 radical (unpaired) electrons. The van der Waals surface area contributed by atoms with E-state index >= 15 is 0 Å². The first-order valence-corrected chi connectivity index (χ1v) is 6.78. The number of nitrogens with zero attached hydrogens (tertiary/aromatic N) is 1. The van der Waals surface area contributed by atoms with Gasteiger partial charge in [-0.1, -0.05) is 12.1 Å². The molecule has 3 N–H and O–H groups in total. The molecule has 0 aliphatic heterocycles. The molecular weight excluding hydrogens is 268 g/mol. The number of ether oxygens (including phenoxy) is 1. The summed E-state index contributed by atoms with van der Waals surface area (Å²) in [6, 6.07) is 10.7. The molecule has 0 aliphatic rings. The number of aliphatic hydroxyl groups is 1. The Bertz CT molecular complexity index is 585. The van der Waals surface area contributed by atoms with Crippen LogP contribution in [-0.4, -0.2) is 28.9 Å². The van der Waals surface area contributed by atoms with Crippen LogP contribution in [0, 0.1) is 6.92 Å². The molecule has 0 saturated carbocycles. The number of methoxy groups -OCH3 is 1. The highest BCUT2D eigenvalue weighted by Crippen LogP contribution is 2.18. The quantitative estimate of drug-likeness (QED) is 0.757. The van der Waals surface area contributed by atoms with Gasteiger partial charge in [0, 0.05) is 18.8 Å². The Morgan fingerprint density at radius 2 is 1.90 bits per heavy atom. The zero-order valence-corrected chi connectivity index (χ0v) is 12.2. The minimum Gasteiger partial charge on any atom is -0.506 e. The third kappa shape index (κ3) is 4.18. The van der Waals surface area contributed by atoms with Gasteiger partial charge in [-0.2, -0.15) is 0 Å². The van der Waals surface area contributed by atoms with Crippen LogP contribution < -0.4 is 10.1 Å². The first-order chi connectivity index (χ1) is 10.1. The van der Waals surface area contributed by atoms with Crippen LogP contribution >= 0.6 is 0 Å². The second-order valence-electron chi connectivity index (χ2n) is 4.84. The predicted octanol–water partition coefficient (Wildman–Crippen LogP) is 1.93. The molecule has 0 aliphatic carbocycles. The molecule has 5 heteroatoms. The molecular formula is C16H20N2O3. The van der Waals surface area contributed by atoms with Gasteiger partial charge in [0.15, 0.2) is 0 Å². The van der Waals surface area contributed by atoms with Crippen molar-refractivity contribution in [3.8, 4) is 11.5 Å². The average Bonchev–Trinajstić information content (AvgIpc) is 2.50. The summed E-state index contributed by atoms with van der Waals surface area (Å²) in [6.45, 7) is 2.65. The van der Waals surface area contributed by atoms with Crippen LogP contribution in [0.1, 0.15) is 23.1 Å². The summed E-state index contributed by atoms with van der Waals surface area (Å²) in [5.74, 6) is 0.917. The fourth-order valence-electron chi connectivity index (χ4n) is 2.00. The molecule has 0 saturated heterocycles. The van der Waals surface area contributed by atoms with Crippen LogP contribution in [0.3, 0.4) is 0 Å². The summed E-state index contributed by atoms with van der Waals surface area (Å²) >= 11 is 0. The molecule has 2 aromatic rings. The minimum absolute atomic E-state index is 0.159. The van der Waals surface area contributed by atoms with Gasteiger partial charge in [0.2, 0.25) is 0 Å². The van der Waals surface area contributed by atoms with Crippen molar-refractivity contribution in [3.63, 3.8) is 0 Å². The second kappa shape index (κ2) is 7.06. The summed E-state index contributed by atoms with van der Waals surface area (Å²) in [5.41, 5.74) is 2.24. The van der Waals surface area contributed by atoms with Gasteiger partial charge in [-0.05, 0) is 36.8 Å². The minimum atomic E-state index is -0.622. The van der Waals surface area contributed by atoms with Crippen molar-refractivity contribution < 1.29 is 14.9 Å². The van der Waals surface area contributed by atoms with Crippen LogP contribution in [0.5, 0.6) is 11.5 Å². The van der Waals surface area contributed by atoms with Gasteiger partial charge >= 0.3 is 0 Å². The number of aromatic nitrogens is 1. The lowest BCUT2D eigenvalue weighted by molar-refractivity contribution is 0.174. The molecule has 112 valence electrons. The van der Waals surface area contributed by atoms with Crippen molar-refractivity contribution in [2.75, 3.05) is 13.7 Å². The van der Waals surface area contributed by atoms with Crippen molar-refractivity contribution >= 4 is 0 Å². The van der Waals surface area contributed by atoms with E-state index in [0.29, 0.717) is 18.8 Å². The Morgan fingerprint density at radius 1 is 1.19 bits per heavy atom. The average molecular weight is 288 g/mol. The van der Waals surface area contributed by atoms with Crippen LogP contribution in [0.25, 0.3) is 0 Å². The van der Waals surface area contributed by atoms with Gasteiger partial charge in [-0.15, -0.1) is 0 Å². The molecule has 1 heterocycles. The van der Waals surface area contributed by atoms with Crippen molar-refractivity contribution in [1.82, 2.24) is 10.3 Å². The van der Waals surface area contributed by atoms with Gasteiger partial charge in [-0.3, -0.25) is 4.98 Å². The fourth-order valence-corrected chi connectivity index (χ4v) is 2.00. The van der Waals surface area contributed by atoms with Crippen molar-refractivity contribution in [1.29, 1.82) is 0 Å². The largest absolute Gasteiger partial charge is 0.506 e. The molecule has 1 atom stereocenters. The third-order valence-electron chi connectivity index (χ3n) is 3.22. The van der Waals surface area contributed by atoms with Crippen molar-refractivity contribution in [2.45, 2.75) is 19.6 Å². The predicted molar refractivity (Wildman–Crippen MR) is 80.3 cm³/mol. The van der Waals surface area contributed by atoms with Crippen LogP contribution in [0.4, 0.5) is 0 Å². The number of aliphatic hydroxyl groups excluding tert-OH is 1. The number of hydrogen-bond donors (Lipinski definition) is 3. The van der Waals surface area contributed by atoms with Crippen LogP contribution in [0.2, 0.25) is 0 Å². The van der Waals surface area contributed by atoms with Crippen LogP contribution in [0.15, 0.2) is 36.4 Å². The molecule has 0 amide bonds. The SMILES string of the molecule is COc1ccc(C(O)CNCc2nc(C)ccc2O)cc1. The molecule has 1 aromatic carbocycles. The van der Waals surface area contributed by atoms with E-state index in [-0.39, 0.29) is 5.75 Å². The summed E-state index contributed by atoms with van der Waals surface area (Å²) in [4.78, 5) is 4.25. The molecule has 0 bridgehead atoms. The first-order valence-electron chi connectivity index (χ1n) is 6.78. The Balaban J connectivity index is 1.88. The number of benzene rings is 1. The topological polar surface area (TPSA) is 74.6 Å². The van der Waals surface area contributed by atoms with E-state index in [0.717, 1.165) is 17.0 Å². The highest BCUT2D eigenvalue weighted by atomic mass is 16.5. The van der Waals surface area contributed by atoms with Gasteiger partial charge in [0.05, 0.1) is 18.9 Å². The summed E-state index contributed by atoms with van der Waals surface area (Å²) in [7, 11) is 1.61. The number of rotatable bonds is 6. The third-order valence-corrected chi connectivity index (χ3v) is 3.22. The second-order valence-corrected chi connectivity index (χ2v) is 4.84. The lowest BCUT2D eigenvalue weighted by atomic mass is 10.1. The standard InChI is InChI=1S/C16H20N2O3/c1-11-3-8-15(19)14(18-11)9-17-10-16(20)12-4-6-13(21-2)7-5-12/h3-8,16-17,19-20H,9-10H2,1-2H3. The van der Waals surface area contributed by atoms with E-state index in [2.05, 4.69) is 10.3 Å². The molecule has 1 unspecified atom stereocenters. The van der Waals surface area contributed by atoms with Crippen LogP contribution in [-0.2, 0) is 6.54 Å². The normalized spacial score (nSPS) is 12.1. The Hall–Kier alpha value is -2.11. The Morgan fingerprint density at radius 3 is 2.57 bits per heavy atom. The Labute approximate surface area is 124 Å². The summed E-state index contributed by atoms with van der Waals surface area (Å²) in [6.07, 6.45) is -0.622. The maximum absolute atomic E-state index is 10.1. The van der Waals surface area contributed by atoms with Gasteiger partial charge in [-0.25, -0.2) is 0 Å². The molecule has 2 rings (SSSR count). The van der Waals surface area contributed by atoms with Gasteiger partial charge in [0.1, 0.15) is 11.5 Å². The highest BCUT2D eigenvalue weighted by Gasteiger charge is 2.08. The molecule has 21 heavy (non-hydrogen) atoms. The molecule has 0 spiro atoms. The zero-order chi connectivity index (χ0) is 15.2. The van der Waals surface area contributed by atoms with E-state index in [1.807, 2.05) is 31.2 Å². The summed E-state index contributed by atoms with van der Waals surface area (Å²) < 4.78 is 5.08. The lowest BCUT2D eigenvalue weighted by Crippen LogP contribution is -2.21. The monoisotopic (exact) mass is 288 g/mol. The number of aryl methyl sites for hydroxylation is 1. The fraction of sp³-hybridized carbons (Fsp3) is 0.312. The number of pyridine rings is 1. The maximum Gasteiger partial charge on any atom is 0.138 e. The molecule has 0 fully saturated rings. The van der Waals surface area contributed by atoms with Crippen molar-refractivity contribution in [2.24, 2.45) is 0 Å². The molecule has 5 nitrogen and oxygen atoms in total. The number of nitrogens with one attached hydrogen (secondary N) is 1. The van der Waals surface area contributed by atoms with E-state index in [9.17, 15) is 10.2 Å². The zero-order valence-electron chi connectivity index (χ0n) is 12.2. The number of aromatic hydroxyl groups is 1. The van der Waals surface area contributed by atoms with Gasteiger partial charge in [0.25, 0.3) is 0 Å². The van der Waals surface area contributed by atoms with E-state index < -0.39 is 6.10 Å².